The molecule has 1 aliphatic heterocycles. The van der Waals surface area contributed by atoms with Crippen molar-refractivity contribution >= 4 is 17.4 Å². The lowest BCUT2D eigenvalue weighted by atomic mass is 9.53. The zero-order chi connectivity index (χ0) is 25.9. The standard InChI is InChI=1S/C27H26N6O4/c1-15-22(25(34)33(32(15)2)21-6-4-3-5-7-21)30-31-23-24(18(13-28)14-29)36-27(37-26(23)35)19-9-16-8-17(11-19)12-20(27)10-16/h3-7,16-17,19-20,30H,8-12H2,1-2H3. The molecule has 10 nitrogen and oxygen atoms in total. The number of nitriles is 2. The Labute approximate surface area is 213 Å². The number of ether oxygens (including phenoxy) is 2. The lowest BCUT2D eigenvalue weighted by molar-refractivity contribution is -0.309. The predicted molar refractivity (Wildman–Crippen MR) is 132 cm³/mol. The third-order valence-corrected chi connectivity index (χ3v) is 8.48. The van der Waals surface area contributed by atoms with E-state index in [2.05, 4.69) is 10.5 Å². The van der Waals surface area contributed by atoms with Crippen LogP contribution < -0.4 is 11.0 Å². The van der Waals surface area contributed by atoms with Gasteiger partial charge < -0.3 is 9.47 Å². The van der Waals surface area contributed by atoms with Crippen LogP contribution in [0.25, 0.3) is 5.69 Å². The molecule has 7 rings (SSSR count). The van der Waals surface area contributed by atoms with Gasteiger partial charge in [0.25, 0.3) is 11.3 Å². The fourth-order valence-corrected chi connectivity index (χ4v) is 6.89. The van der Waals surface area contributed by atoms with Crippen LogP contribution in [-0.4, -0.2) is 26.8 Å². The number of benzene rings is 1. The molecule has 0 unspecified atom stereocenters. The monoisotopic (exact) mass is 498 g/mol. The SMILES string of the molecule is Cc1c(NN=C2C(=O)OC3(OC2=C(C#N)C#N)C2CC4CC(C2)CC3C4)c(=O)n(-c2ccccc2)n1C. The van der Waals surface area contributed by atoms with Crippen molar-refractivity contribution in [3.05, 3.63) is 57.7 Å². The van der Waals surface area contributed by atoms with Crippen molar-refractivity contribution in [2.24, 2.45) is 35.8 Å². The summed E-state index contributed by atoms with van der Waals surface area (Å²) in [6.45, 7) is 1.75. The molecule has 1 N–H and O–H groups in total. The van der Waals surface area contributed by atoms with Crippen molar-refractivity contribution in [1.82, 2.24) is 9.36 Å². The van der Waals surface area contributed by atoms with Crippen LogP contribution in [0.3, 0.4) is 0 Å². The lowest BCUT2D eigenvalue weighted by Gasteiger charge is -2.59. The quantitative estimate of drug-likeness (QED) is 0.390. The summed E-state index contributed by atoms with van der Waals surface area (Å²) in [5.41, 5.74) is 3.04. The summed E-state index contributed by atoms with van der Waals surface area (Å²) in [7, 11) is 1.74. The highest BCUT2D eigenvalue weighted by Crippen LogP contribution is 2.61. The topological polar surface area (TPSA) is 134 Å². The minimum atomic E-state index is -1.18. The number of anilines is 1. The van der Waals surface area contributed by atoms with Gasteiger partial charge in [0.1, 0.15) is 17.8 Å². The molecule has 0 radical (unpaired) electrons. The first-order valence-corrected chi connectivity index (χ1v) is 12.5. The van der Waals surface area contributed by atoms with E-state index in [-0.39, 0.29) is 40.1 Å². The van der Waals surface area contributed by atoms with Gasteiger partial charge in [0.05, 0.1) is 11.4 Å². The number of carbonyl (C=O) groups is 1. The smallest absolute Gasteiger partial charge is 0.366 e. The van der Waals surface area contributed by atoms with E-state index in [9.17, 15) is 20.1 Å². The maximum Gasteiger partial charge on any atom is 0.366 e. The Bertz CT molecular complexity index is 1460. The van der Waals surface area contributed by atoms with E-state index in [4.69, 9.17) is 9.47 Å². The molecule has 2 heterocycles. The van der Waals surface area contributed by atoms with Gasteiger partial charge in [0.2, 0.25) is 5.71 Å². The van der Waals surface area contributed by atoms with E-state index < -0.39 is 11.8 Å². The molecule has 1 aromatic carbocycles. The van der Waals surface area contributed by atoms with E-state index in [1.807, 2.05) is 30.3 Å². The van der Waals surface area contributed by atoms with Crippen molar-refractivity contribution < 1.29 is 14.3 Å². The van der Waals surface area contributed by atoms with Crippen LogP contribution in [0.4, 0.5) is 5.69 Å². The molecule has 1 aromatic heterocycles. The van der Waals surface area contributed by atoms with E-state index in [0.29, 0.717) is 23.2 Å². The van der Waals surface area contributed by atoms with Crippen LogP contribution in [-0.2, 0) is 21.3 Å². The Kier molecular flexibility index (Phi) is 5.23. The van der Waals surface area contributed by atoms with Crippen molar-refractivity contribution in [3.63, 3.8) is 0 Å². The average molecular weight is 499 g/mol. The number of allylic oxidation sites excluding steroid dienone is 1. The predicted octanol–water partition coefficient (Wildman–Crippen LogP) is 3.28. The lowest BCUT2D eigenvalue weighted by Crippen LogP contribution is -2.63. The number of hydrazone groups is 1. The van der Waals surface area contributed by atoms with E-state index in [1.54, 1.807) is 30.8 Å². The van der Waals surface area contributed by atoms with Crippen LogP contribution in [0.2, 0.25) is 0 Å². The van der Waals surface area contributed by atoms with E-state index >= 15 is 0 Å². The summed E-state index contributed by atoms with van der Waals surface area (Å²) in [6, 6.07) is 12.8. The Hall–Kier alpha value is -4.31. The molecule has 4 bridgehead atoms. The van der Waals surface area contributed by atoms with Gasteiger partial charge in [-0.15, -0.1) is 0 Å². The van der Waals surface area contributed by atoms with E-state index in [1.165, 1.54) is 11.1 Å². The van der Waals surface area contributed by atoms with Gasteiger partial charge in [-0.2, -0.15) is 15.6 Å². The molecule has 4 saturated carbocycles. The normalized spacial score (nSPS) is 30.5. The zero-order valence-corrected chi connectivity index (χ0v) is 20.6. The molecule has 5 aliphatic rings. The Morgan fingerprint density at radius 1 is 1.03 bits per heavy atom. The largest absolute Gasteiger partial charge is 0.447 e. The number of hydrogen-bond acceptors (Lipinski definition) is 8. The number of rotatable bonds is 3. The second-order valence-electron chi connectivity index (χ2n) is 10.5. The fourth-order valence-electron chi connectivity index (χ4n) is 6.89. The number of esters is 1. The van der Waals surface area contributed by atoms with Gasteiger partial charge in [-0.1, -0.05) is 18.2 Å². The molecule has 10 heteroatoms. The van der Waals surface area contributed by atoms with Gasteiger partial charge >= 0.3 is 5.97 Å². The van der Waals surface area contributed by atoms with Gasteiger partial charge in [0, 0.05) is 18.9 Å². The van der Waals surface area contributed by atoms with Gasteiger partial charge in [-0.3, -0.25) is 14.9 Å². The first kappa shape index (κ1) is 23.1. The molecule has 1 spiro atoms. The first-order valence-electron chi connectivity index (χ1n) is 12.5. The molecule has 188 valence electrons. The summed E-state index contributed by atoms with van der Waals surface area (Å²) in [6.07, 6.45) is 4.79. The van der Waals surface area contributed by atoms with Crippen LogP contribution >= 0.6 is 0 Å². The molecule has 37 heavy (non-hydrogen) atoms. The van der Waals surface area contributed by atoms with Crippen molar-refractivity contribution in [2.45, 2.75) is 44.8 Å². The first-order chi connectivity index (χ1) is 17.9. The Morgan fingerprint density at radius 2 is 1.65 bits per heavy atom. The Balaban J connectivity index is 1.38. The Morgan fingerprint density at radius 3 is 2.24 bits per heavy atom. The highest BCUT2D eigenvalue weighted by atomic mass is 16.7. The van der Waals surface area contributed by atoms with Gasteiger partial charge in [0.15, 0.2) is 11.3 Å². The molecule has 4 aliphatic carbocycles. The molecular formula is C27H26N6O4. The van der Waals surface area contributed by atoms with Crippen molar-refractivity contribution in [2.75, 3.05) is 5.43 Å². The van der Waals surface area contributed by atoms with Crippen LogP contribution in [0, 0.1) is 53.3 Å². The van der Waals surface area contributed by atoms with Crippen molar-refractivity contribution in [3.8, 4) is 17.8 Å². The minimum absolute atomic E-state index is 0.0188. The number of carbonyl (C=O) groups excluding carboxylic acids is 1. The minimum Gasteiger partial charge on any atom is -0.447 e. The molecular weight excluding hydrogens is 472 g/mol. The number of nitrogens with zero attached hydrogens (tertiary/aromatic N) is 5. The molecule has 5 fully saturated rings. The van der Waals surface area contributed by atoms with Crippen molar-refractivity contribution in [1.29, 1.82) is 10.5 Å². The van der Waals surface area contributed by atoms with Crippen LogP contribution in [0.15, 0.2) is 51.6 Å². The maximum atomic E-state index is 13.4. The van der Waals surface area contributed by atoms with E-state index in [0.717, 1.165) is 25.7 Å². The van der Waals surface area contributed by atoms with Gasteiger partial charge in [-0.05, 0) is 63.0 Å². The highest BCUT2D eigenvalue weighted by Gasteiger charge is 2.64. The second-order valence-corrected chi connectivity index (χ2v) is 10.5. The van der Waals surface area contributed by atoms with Crippen LogP contribution in [0.5, 0.6) is 0 Å². The fraction of sp³-hybridized carbons (Fsp3) is 0.444. The number of aromatic nitrogens is 2. The van der Waals surface area contributed by atoms with Gasteiger partial charge in [-0.25, -0.2) is 9.48 Å². The average Bonchev–Trinajstić information content (AvgIpc) is 3.10. The summed E-state index contributed by atoms with van der Waals surface area (Å²) in [5, 5.41) is 23.5. The molecule has 0 atom stereocenters. The molecule has 2 aromatic rings. The van der Waals surface area contributed by atoms with Crippen LogP contribution in [0.1, 0.15) is 37.8 Å². The molecule has 0 amide bonds. The highest BCUT2D eigenvalue weighted by molar-refractivity contribution is 6.43. The third-order valence-electron chi connectivity index (χ3n) is 8.48. The second kappa shape index (κ2) is 8.38. The molecule has 1 saturated heterocycles. The number of para-hydroxylation sites is 1. The maximum absolute atomic E-state index is 13.4. The number of nitrogens with one attached hydrogen (secondary N) is 1. The summed E-state index contributed by atoms with van der Waals surface area (Å²) < 4.78 is 15.5. The summed E-state index contributed by atoms with van der Waals surface area (Å²) >= 11 is 0. The number of hydrogen-bond donors (Lipinski definition) is 1. The summed E-state index contributed by atoms with van der Waals surface area (Å²) in [4.78, 5) is 26.7. The zero-order valence-electron chi connectivity index (χ0n) is 20.6. The summed E-state index contributed by atoms with van der Waals surface area (Å²) in [5.74, 6) is -0.895. The third kappa shape index (κ3) is 3.40.